The molecule has 1 aromatic carbocycles. The third-order valence-corrected chi connectivity index (χ3v) is 3.00. The lowest BCUT2D eigenvalue weighted by molar-refractivity contribution is -0.111. The maximum atomic E-state index is 12.8. The number of hydrogen-bond donors (Lipinski definition) is 1. The van der Waals surface area contributed by atoms with E-state index in [0.29, 0.717) is 36.6 Å². The Morgan fingerprint density at radius 3 is 2.88 bits per heavy atom. The molecule has 24 heavy (non-hydrogen) atoms. The van der Waals surface area contributed by atoms with Crippen LogP contribution in [0.1, 0.15) is 18.4 Å². The van der Waals surface area contributed by atoms with Crippen molar-refractivity contribution in [3.63, 3.8) is 0 Å². The summed E-state index contributed by atoms with van der Waals surface area (Å²) < 4.78 is 18.3. The molecule has 0 saturated heterocycles. The Hall–Kier alpha value is -3.20. The van der Waals surface area contributed by atoms with Crippen molar-refractivity contribution in [1.82, 2.24) is 4.98 Å². The highest BCUT2D eigenvalue weighted by Gasteiger charge is 2.07. The molecule has 5 nitrogen and oxygen atoms in total. The molecule has 6 heteroatoms. The second-order valence-electron chi connectivity index (χ2n) is 4.83. The van der Waals surface area contributed by atoms with Gasteiger partial charge in [0.2, 0.25) is 5.91 Å². The smallest absolute Gasteiger partial charge is 0.249 e. The van der Waals surface area contributed by atoms with E-state index in [-0.39, 0.29) is 11.7 Å². The summed E-state index contributed by atoms with van der Waals surface area (Å²) >= 11 is 0. The first-order valence-corrected chi connectivity index (χ1v) is 7.38. The van der Waals surface area contributed by atoms with Crippen LogP contribution in [0.25, 0.3) is 6.08 Å². The third kappa shape index (κ3) is 5.54. The van der Waals surface area contributed by atoms with Crippen LogP contribution in [-0.4, -0.2) is 17.5 Å². The van der Waals surface area contributed by atoms with Crippen molar-refractivity contribution >= 4 is 17.8 Å². The molecule has 0 aliphatic rings. The van der Waals surface area contributed by atoms with Crippen molar-refractivity contribution in [2.75, 3.05) is 11.9 Å². The van der Waals surface area contributed by atoms with Crippen LogP contribution in [0.4, 0.5) is 10.2 Å². The van der Waals surface area contributed by atoms with Gasteiger partial charge >= 0.3 is 0 Å². The first kappa shape index (κ1) is 17.2. The molecule has 1 aromatic heterocycles. The van der Waals surface area contributed by atoms with E-state index in [1.807, 2.05) is 6.07 Å². The fourth-order valence-corrected chi connectivity index (χ4v) is 1.84. The first-order chi connectivity index (χ1) is 11.7. The zero-order valence-corrected chi connectivity index (χ0v) is 12.9. The van der Waals surface area contributed by atoms with E-state index in [1.165, 1.54) is 18.2 Å². The van der Waals surface area contributed by atoms with Gasteiger partial charge in [0.15, 0.2) is 11.6 Å². The molecule has 1 amide bonds. The summed E-state index contributed by atoms with van der Waals surface area (Å²) in [5.41, 5.74) is 0.709. The summed E-state index contributed by atoms with van der Waals surface area (Å²) in [6, 6.07) is 11.2. The number of carbonyl (C=O) groups excluding carboxylic acids is 1. The molecule has 0 aliphatic heterocycles. The standard InChI is InChI=1S/C18H16FN3O2/c19-15-8-5-14(6-9-15)7-10-17(23)22-18-16(4-3-12-21-18)24-13-2-1-11-20/h3-10,12H,1-2,13H2,(H,21,22,23)/b10-7+. The van der Waals surface area contributed by atoms with Crippen molar-refractivity contribution in [3.8, 4) is 11.8 Å². The number of carbonyl (C=O) groups is 1. The molecule has 2 aromatic rings. The zero-order chi connectivity index (χ0) is 17.2. The van der Waals surface area contributed by atoms with Gasteiger partial charge in [-0.3, -0.25) is 4.79 Å². The summed E-state index contributed by atoms with van der Waals surface area (Å²) in [5.74, 6) is 0.0466. The fraction of sp³-hybridized carbons (Fsp3) is 0.167. The molecule has 0 radical (unpaired) electrons. The van der Waals surface area contributed by atoms with Crippen LogP contribution in [0, 0.1) is 17.1 Å². The summed E-state index contributed by atoms with van der Waals surface area (Å²) in [6.07, 6.45) is 5.46. The normalized spacial score (nSPS) is 10.3. The highest BCUT2D eigenvalue weighted by molar-refractivity contribution is 6.02. The quantitative estimate of drug-likeness (QED) is 0.624. The number of unbranched alkanes of at least 4 members (excludes halogenated alkanes) is 1. The maximum Gasteiger partial charge on any atom is 0.249 e. The second-order valence-corrected chi connectivity index (χ2v) is 4.83. The maximum absolute atomic E-state index is 12.8. The third-order valence-electron chi connectivity index (χ3n) is 3.00. The average molecular weight is 325 g/mol. The molecule has 0 unspecified atom stereocenters. The lowest BCUT2D eigenvalue weighted by atomic mass is 10.2. The number of ether oxygens (including phenoxy) is 1. The van der Waals surface area contributed by atoms with Gasteiger partial charge in [0, 0.05) is 18.7 Å². The number of amides is 1. The van der Waals surface area contributed by atoms with E-state index in [9.17, 15) is 9.18 Å². The van der Waals surface area contributed by atoms with Crippen molar-refractivity contribution in [2.24, 2.45) is 0 Å². The molecule has 1 N–H and O–H groups in total. The van der Waals surface area contributed by atoms with Crippen LogP contribution in [0.3, 0.4) is 0 Å². The molecular formula is C18H16FN3O2. The molecule has 0 aliphatic carbocycles. The van der Waals surface area contributed by atoms with Gasteiger partial charge in [-0.15, -0.1) is 0 Å². The largest absolute Gasteiger partial charge is 0.490 e. The number of nitriles is 1. The average Bonchev–Trinajstić information content (AvgIpc) is 2.59. The Morgan fingerprint density at radius 2 is 2.12 bits per heavy atom. The van der Waals surface area contributed by atoms with Gasteiger partial charge in [0.1, 0.15) is 5.82 Å². The molecule has 0 atom stereocenters. The number of nitrogens with zero attached hydrogens (tertiary/aromatic N) is 2. The minimum absolute atomic E-state index is 0.309. The molecule has 2 rings (SSSR count). The number of pyridine rings is 1. The number of rotatable bonds is 7. The SMILES string of the molecule is N#CCCCOc1cccnc1NC(=O)/C=C/c1ccc(F)cc1. The minimum atomic E-state index is -0.375. The molecule has 1 heterocycles. The number of halogens is 1. The Kier molecular flexibility index (Phi) is 6.47. The Labute approximate surface area is 139 Å². The number of aromatic nitrogens is 1. The highest BCUT2D eigenvalue weighted by atomic mass is 19.1. The molecule has 0 saturated carbocycles. The van der Waals surface area contributed by atoms with Crippen LogP contribution < -0.4 is 10.1 Å². The van der Waals surface area contributed by atoms with Crippen molar-refractivity contribution in [1.29, 1.82) is 5.26 Å². The van der Waals surface area contributed by atoms with Gasteiger partial charge in [-0.25, -0.2) is 9.37 Å². The van der Waals surface area contributed by atoms with Crippen LogP contribution in [0.15, 0.2) is 48.7 Å². The Morgan fingerprint density at radius 1 is 1.33 bits per heavy atom. The number of benzene rings is 1. The molecular weight excluding hydrogens is 309 g/mol. The minimum Gasteiger partial charge on any atom is -0.490 e. The van der Waals surface area contributed by atoms with Gasteiger partial charge < -0.3 is 10.1 Å². The van der Waals surface area contributed by atoms with Gasteiger partial charge in [-0.1, -0.05) is 12.1 Å². The van der Waals surface area contributed by atoms with E-state index in [1.54, 1.807) is 36.5 Å². The zero-order valence-electron chi connectivity index (χ0n) is 12.9. The topological polar surface area (TPSA) is 75.0 Å². The van der Waals surface area contributed by atoms with Gasteiger partial charge in [0.05, 0.1) is 12.7 Å². The predicted octanol–water partition coefficient (Wildman–Crippen LogP) is 3.56. The Bertz CT molecular complexity index is 752. The molecule has 0 spiro atoms. The van der Waals surface area contributed by atoms with Crippen LogP contribution in [-0.2, 0) is 4.79 Å². The van der Waals surface area contributed by atoms with E-state index in [4.69, 9.17) is 10.00 Å². The number of anilines is 1. The lowest BCUT2D eigenvalue weighted by Gasteiger charge is -2.09. The summed E-state index contributed by atoms with van der Waals surface area (Å²) in [7, 11) is 0. The molecule has 0 fully saturated rings. The predicted molar refractivity (Wildman–Crippen MR) is 88.6 cm³/mol. The highest BCUT2D eigenvalue weighted by Crippen LogP contribution is 2.21. The summed E-state index contributed by atoms with van der Waals surface area (Å²) in [5, 5.41) is 11.1. The van der Waals surface area contributed by atoms with Crippen molar-refractivity contribution < 1.29 is 13.9 Å². The van der Waals surface area contributed by atoms with Gasteiger partial charge in [-0.05, 0) is 42.3 Å². The molecule has 122 valence electrons. The fourth-order valence-electron chi connectivity index (χ4n) is 1.84. The lowest BCUT2D eigenvalue weighted by Crippen LogP contribution is -2.11. The number of hydrogen-bond acceptors (Lipinski definition) is 4. The number of nitrogens with one attached hydrogen (secondary N) is 1. The van der Waals surface area contributed by atoms with E-state index in [0.717, 1.165) is 0 Å². The second kappa shape index (κ2) is 9.06. The van der Waals surface area contributed by atoms with E-state index < -0.39 is 0 Å². The van der Waals surface area contributed by atoms with Crippen molar-refractivity contribution in [3.05, 3.63) is 60.1 Å². The van der Waals surface area contributed by atoms with Gasteiger partial charge in [-0.2, -0.15) is 5.26 Å². The van der Waals surface area contributed by atoms with Crippen LogP contribution in [0.2, 0.25) is 0 Å². The Balaban J connectivity index is 1.96. The van der Waals surface area contributed by atoms with E-state index >= 15 is 0 Å². The first-order valence-electron chi connectivity index (χ1n) is 7.38. The summed E-state index contributed by atoms with van der Waals surface area (Å²) in [6.45, 7) is 0.369. The van der Waals surface area contributed by atoms with Gasteiger partial charge in [0.25, 0.3) is 0 Å². The molecule has 0 bridgehead atoms. The van der Waals surface area contributed by atoms with Crippen molar-refractivity contribution in [2.45, 2.75) is 12.8 Å². The summed E-state index contributed by atoms with van der Waals surface area (Å²) in [4.78, 5) is 16.0. The van der Waals surface area contributed by atoms with E-state index in [2.05, 4.69) is 10.3 Å². The monoisotopic (exact) mass is 325 g/mol. The van der Waals surface area contributed by atoms with Crippen LogP contribution >= 0.6 is 0 Å². The van der Waals surface area contributed by atoms with Crippen LogP contribution in [0.5, 0.6) is 5.75 Å².